The average molecular weight is 415 g/mol. The number of nitrogens with zero attached hydrogens (tertiary/aromatic N) is 4. The summed E-state index contributed by atoms with van der Waals surface area (Å²) in [6.07, 6.45) is 1.06. The Balaban J connectivity index is 1.95. The molecule has 6 nitrogen and oxygen atoms in total. The fourth-order valence-electron chi connectivity index (χ4n) is 3.58. The predicted molar refractivity (Wildman–Crippen MR) is 117 cm³/mol. The molecule has 0 amide bonds. The molecule has 0 aliphatic heterocycles. The van der Waals surface area contributed by atoms with Crippen molar-refractivity contribution in [1.29, 1.82) is 0 Å². The highest BCUT2D eigenvalue weighted by molar-refractivity contribution is 7.89. The minimum absolute atomic E-state index is 0.275. The number of aromatic nitrogens is 2. The Labute approximate surface area is 173 Å². The molecule has 0 radical (unpaired) electrons. The maximum atomic E-state index is 12.5. The van der Waals surface area contributed by atoms with Gasteiger partial charge in [-0.3, -0.25) is 4.90 Å². The number of rotatable bonds is 9. The summed E-state index contributed by atoms with van der Waals surface area (Å²) < 4.78 is 28.4. The van der Waals surface area contributed by atoms with Gasteiger partial charge in [-0.25, -0.2) is 17.7 Å². The van der Waals surface area contributed by atoms with Crippen LogP contribution in [0.4, 0.5) is 0 Å². The number of fused-ring (bicyclic) bond motifs is 1. The lowest BCUT2D eigenvalue weighted by Gasteiger charge is -2.22. The Bertz CT molecular complexity index is 1060. The van der Waals surface area contributed by atoms with E-state index < -0.39 is 10.0 Å². The number of hydrogen-bond donors (Lipinski definition) is 0. The summed E-state index contributed by atoms with van der Waals surface area (Å²) in [5.41, 5.74) is 2.97. The molecule has 3 rings (SSSR count). The van der Waals surface area contributed by atoms with Gasteiger partial charge >= 0.3 is 0 Å². The number of aryl methyl sites for hydroxylation is 1. The largest absolute Gasteiger partial charge is 0.327 e. The second-order valence-electron chi connectivity index (χ2n) is 7.41. The van der Waals surface area contributed by atoms with Crippen LogP contribution in [0.15, 0.2) is 53.4 Å². The maximum Gasteiger partial charge on any atom is 0.242 e. The molecule has 156 valence electrons. The second-order valence-corrected chi connectivity index (χ2v) is 9.56. The van der Waals surface area contributed by atoms with Crippen LogP contribution in [0.25, 0.3) is 11.0 Å². The van der Waals surface area contributed by atoms with Gasteiger partial charge in [-0.1, -0.05) is 37.3 Å². The molecule has 0 spiro atoms. The van der Waals surface area contributed by atoms with E-state index in [9.17, 15) is 8.42 Å². The van der Waals surface area contributed by atoms with Gasteiger partial charge in [-0.15, -0.1) is 0 Å². The highest BCUT2D eigenvalue weighted by Gasteiger charge is 2.20. The van der Waals surface area contributed by atoms with E-state index in [1.54, 1.807) is 26.2 Å². The minimum Gasteiger partial charge on any atom is -0.327 e. The quantitative estimate of drug-likeness (QED) is 0.535. The predicted octanol–water partition coefficient (Wildman–Crippen LogP) is 3.72. The van der Waals surface area contributed by atoms with Crippen molar-refractivity contribution in [2.75, 3.05) is 20.6 Å². The van der Waals surface area contributed by atoms with Gasteiger partial charge in [0.05, 0.1) is 22.5 Å². The fourth-order valence-corrected chi connectivity index (χ4v) is 4.50. The number of imidazole rings is 1. The number of benzene rings is 2. The summed E-state index contributed by atoms with van der Waals surface area (Å²) >= 11 is 0. The van der Waals surface area contributed by atoms with E-state index in [0.717, 1.165) is 49.5 Å². The van der Waals surface area contributed by atoms with E-state index in [1.165, 1.54) is 9.87 Å². The smallest absolute Gasteiger partial charge is 0.242 e. The van der Waals surface area contributed by atoms with Crippen molar-refractivity contribution in [2.45, 2.75) is 44.8 Å². The van der Waals surface area contributed by atoms with Crippen molar-refractivity contribution in [3.05, 3.63) is 59.9 Å². The first-order valence-corrected chi connectivity index (χ1v) is 11.5. The fraction of sp³-hybridized carbons (Fsp3) is 0.409. The summed E-state index contributed by atoms with van der Waals surface area (Å²) in [6.45, 7) is 7.62. The van der Waals surface area contributed by atoms with Gasteiger partial charge < -0.3 is 4.57 Å². The highest BCUT2D eigenvalue weighted by atomic mass is 32.2. The summed E-state index contributed by atoms with van der Waals surface area (Å²) in [7, 11) is -0.390. The Morgan fingerprint density at radius 3 is 2.34 bits per heavy atom. The summed E-state index contributed by atoms with van der Waals surface area (Å²) in [4.78, 5) is 7.48. The van der Waals surface area contributed by atoms with Crippen LogP contribution < -0.4 is 0 Å². The third-order valence-corrected chi connectivity index (χ3v) is 6.86. The van der Waals surface area contributed by atoms with E-state index in [-0.39, 0.29) is 4.90 Å². The van der Waals surface area contributed by atoms with Crippen LogP contribution in [0.3, 0.4) is 0 Å². The summed E-state index contributed by atoms with van der Waals surface area (Å²) in [5.74, 6) is 0.964. The van der Waals surface area contributed by atoms with E-state index >= 15 is 0 Å². The van der Waals surface area contributed by atoms with Gasteiger partial charge in [0.2, 0.25) is 10.0 Å². The molecule has 3 aromatic rings. The molecule has 29 heavy (non-hydrogen) atoms. The molecule has 0 N–H and O–H groups in total. The maximum absolute atomic E-state index is 12.5. The van der Waals surface area contributed by atoms with E-state index in [1.807, 2.05) is 12.1 Å². The van der Waals surface area contributed by atoms with Crippen LogP contribution in [-0.2, 0) is 29.7 Å². The normalized spacial score (nSPS) is 12.3. The second kappa shape index (κ2) is 9.07. The van der Waals surface area contributed by atoms with Gasteiger partial charge in [0.1, 0.15) is 5.82 Å². The molecule has 2 aromatic carbocycles. The highest BCUT2D eigenvalue weighted by Crippen LogP contribution is 2.23. The van der Waals surface area contributed by atoms with E-state index in [4.69, 9.17) is 4.98 Å². The van der Waals surface area contributed by atoms with Crippen molar-refractivity contribution >= 4 is 21.1 Å². The average Bonchev–Trinajstić information content (AvgIpc) is 3.04. The zero-order chi connectivity index (χ0) is 21.0. The van der Waals surface area contributed by atoms with Crippen LogP contribution in [0.5, 0.6) is 0 Å². The van der Waals surface area contributed by atoms with E-state index in [0.29, 0.717) is 0 Å². The van der Waals surface area contributed by atoms with Crippen LogP contribution >= 0.6 is 0 Å². The zero-order valence-corrected chi connectivity index (χ0v) is 18.5. The zero-order valence-electron chi connectivity index (χ0n) is 17.7. The molecule has 0 aliphatic rings. The van der Waals surface area contributed by atoms with Gasteiger partial charge in [-0.2, -0.15) is 0 Å². The lowest BCUT2D eigenvalue weighted by molar-refractivity contribution is 0.248. The molecule has 7 heteroatoms. The van der Waals surface area contributed by atoms with Gasteiger partial charge in [0.25, 0.3) is 0 Å². The summed E-state index contributed by atoms with van der Waals surface area (Å²) in [6, 6.07) is 15.7. The molecular formula is C22H30N4O2S. The minimum atomic E-state index is -3.48. The first-order valence-electron chi connectivity index (χ1n) is 10.0. The van der Waals surface area contributed by atoms with Crippen molar-refractivity contribution in [3.63, 3.8) is 0 Å². The SMILES string of the molecule is CCCN(Cc1ccccc1)Cc1nc2cc(S(=O)(=O)N(C)C)ccc2n1CC. The van der Waals surface area contributed by atoms with Gasteiger partial charge in [-0.05, 0) is 43.7 Å². The third kappa shape index (κ3) is 4.69. The van der Waals surface area contributed by atoms with Gasteiger partial charge in [0, 0.05) is 27.2 Å². The number of sulfonamides is 1. The van der Waals surface area contributed by atoms with Crippen molar-refractivity contribution in [2.24, 2.45) is 0 Å². The van der Waals surface area contributed by atoms with E-state index in [2.05, 4.69) is 47.6 Å². The number of hydrogen-bond acceptors (Lipinski definition) is 4. The molecule has 0 fully saturated rings. The molecule has 1 heterocycles. The molecule has 0 aliphatic carbocycles. The first kappa shape index (κ1) is 21.5. The molecular weight excluding hydrogens is 384 g/mol. The van der Waals surface area contributed by atoms with Crippen molar-refractivity contribution in [1.82, 2.24) is 18.8 Å². The Morgan fingerprint density at radius 1 is 1.00 bits per heavy atom. The monoisotopic (exact) mass is 414 g/mol. The van der Waals surface area contributed by atoms with Gasteiger partial charge in [0.15, 0.2) is 0 Å². The molecule has 0 saturated heterocycles. The van der Waals surface area contributed by atoms with Crippen LogP contribution in [0, 0.1) is 0 Å². The molecule has 0 bridgehead atoms. The molecule has 0 saturated carbocycles. The standard InChI is InChI=1S/C22H30N4O2S/c1-5-14-25(16-18-10-8-7-9-11-18)17-22-23-20-15-19(29(27,28)24(3)4)12-13-21(20)26(22)6-2/h7-13,15H,5-6,14,16-17H2,1-4H3. The Morgan fingerprint density at radius 2 is 1.72 bits per heavy atom. The van der Waals surface area contributed by atoms with Crippen LogP contribution in [-0.4, -0.2) is 47.8 Å². The topological polar surface area (TPSA) is 58.4 Å². The molecule has 1 aromatic heterocycles. The Hall–Kier alpha value is -2.22. The van der Waals surface area contributed by atoms with Crippen LogP contribution in [0.1, 0.15) is 31.7 Å². The first-order chi connectivity index (χ1) is 13.9. The Kier molecular flexibility index (Phi) is 6.72. The third-order valence-electron chi connectivity index (χ3n) is 5.05. The lowest BCUT2D eigenvalue weighted by atomic mass is 10.2. The molecule has 0 unspecified atom stereocenters. The van der Waals surface area contributed by atoms with Crippen molar-refractivity contribution in [3.8, 4) is 0 Å². The summed E-state index contributed by atoms with van der Waals surface area (Å²) in [5, 5.41) is 0. The van der Waals surface area contributed by atoms with Crippen LogP contribution in [0.2, 0.25) is 0 Å². The van der Waals surface area contributed by atoms with Crippen molar-refractivity contribution < 1.29 is 8.42 Å². The molecule has 0 atom stereocenters. The lowest BCUT2D eigenvalue weighted by Crippen LogP contribution is -2.25.